The van der Waals surface area contributed by atoms with Crippen LogP contribution in [0.4, 0.5) is 0 Å². The Morgan fingerprint density at radius 3 is 2.56 bits per heavy atom. The number of allylic oxidation sites excluding steroid dienone is 4. The van der Waals surface area contributed by atoms with Gasteiger partial charge in [0.05, 0.1) is 0 Å². The molecule has 9 heavy (non-hydrogen) atoms. The highest BCUT2D eigenvalue weighted by Crippen LogP contribution is 1.75. The van der Waals surface area contributed by atoms with E-state index in [4.69, 9.17) is 0 Å². The Balaban J connectivity index is 3.59. The van der Waals surface area contributed by atoms with E-state index in [1.165, 1.54) is 31.2 Å². The van der Waals surface area contributed by atoms with Crippen molar-refractivity contribution in [2.75, 3.05) is 0 Å². The van der Waals surface area contributed by atoms with E-state index in [9.17, 15) is 9.59 Å². The number of hydrogen-bond donors (Lipinski definition) is 0. The van der Waals surface area contributed by atoms with Crippen LogP contribution in [-0.2, 0) is 9.59 Å². The van der Waals surface area contributed by atoms with Crippen molar-refractivity contribution in [3.05, 3.63) is 24.3 Å². The van der Waals surface area contributed by atoms with Gasteiger partial charge >= 0.3 is 0 Å². The third-order valence-corrected chi connectivity index (χ3v) is 0.606. The van der Waals surface area contributed by atoms with E-state index >= 15 is 0 Å². The summed E-state index contributed by atoms with van der Waals surface area (Å²) in [5.74, 6) is -0.0365. The predicted octanol–water partition coefficient (Wildman–Crippen LogP) is 0.797. The van der Waals surface area contributed by atoms with Crippen molar-refractivity contribution in [2.45, 2.75) is 6.92 Å². The monoisotopic (exact) mass is 123 g/mol. The minimum Gasteiger partial charge on any atom is -0.295 e. The molecule has 0 amide bonds. The smallest absolute Gasteiger partial charge is 0.225 e. The molecule has 47 valence electrons. The van der Waals surface area contributed by atoms with Gasteiger partial charge < -0.3 is 0 Å². The van der Waals surface area contributed by atoms with Gasteiger partial charge in [0.15, 0.2) is 5.78 Å². The summed E-state index contributed by atoms with van der Waals surface area (Å²) in [5.41, 5.74) is 0. The summed E-state index contributed by atoms with van der Waals surface area (Å²) >= 11 is 0. The molecule has 1 radical (unpaired) electrons. The number of carbonyl (C=O) groups excluding carboxylic acids is 2. The first kappa shape index (κ1) is 7.82. The van der Waals surface area contributed by atoms with Crippen LogP contribution in [0.2, 0.25) is 0 Å². The quantitative estimate of drug-likeness (QED) is 0.411. The van der Waals surface area contributed by atoms with E-state index in [1.807, 2.05) is 0 Å². The minimum absolute atomic E-state index is 0.0365. The van der Waals surface area contributed by atoms with Crippen molar-refractivity contribution < 1.29 is 9.59 Å². The highest BCUT2D eigenvalue weighted by Gasteiger charge is 1.75. The maximum atomic E-state index is 10.2. The molecular formula is C7H7O2. The van der Waals surface area contributed by atoms with Crippen molar-refractivity contribution in [2.24, 2.45) is 0 Å². The molecule has 0 atom stereocenters. The highest BCUT2D eigenvalue weighted by atomic mass is 16.1. The maximum absolute atomic E-state index is 10.2. The first-order chi connectivity index (χ1) is 4.27. The lowest BCUT2D eigenvalue weighted by atomic mass is 10.4. The zero-order chi connectivity index (χ0) is 7.11. The van der Waals surface area contributed by atoms with Crippen LogP contribution in [0.3, 0.4) is 0 Å². The summed E-state index contributed by atoms with van der Waals surface area (Å²) in [6, 6.07) is 0. The Bertz CT molecular complexity index is 154. The molecule has 2 heteroatoms. The lowest BCUT2D eigenvalue weighted by Crippen LogP contribution is -1.77. The molecule has 0 fully saturated rings. The summed E-state index contributed by atoms with van der Waals surface area (Å²) in [5, 5.41) is 0. The fourth-order valence-electron chi connectivity index (χ4n) is 0.286. The van der Waals surface area contributed by atoms with E-state index in [0.717, 1.165) is 0 Å². The molecule has 0 aromatic carbocycles. The van der Waals surface area contributed by atoms with Gasteiger partial charge in [-0.05, 0) is 19.1 Å². The Morgan fingerprint density at radius 2 is 2.11 bits per heavy atom. The zero-order valence-corrected chi connectivity index (χ0v) is 5.13. The van der Waals surface area contributed by atoms with E-state index in [-0.39, 0.29) is 5.78 Å². The highest BCUT2D eigenvalue weighted by molar-refractivity contribution is 5.87. The van der Waals surface area contributed by atoms with Gasteiger partial charge in [0.2, 0.25) is 6.29 Å². The van der Waals surface area contributed by atoms with Gasteiger partial charge in [0.1, 0.15) is 0 Å². The predicted molar refractivity (Wildman–Crippen MR) is 34.7 cm³/mol. The average molecular weight is 123 g/mol. The van der Waals surface area contributed by atoms with E-state index < -0.39 is 0 Å². The summed E-state index contributed by atoms with van der Waals surface area (Å²) in [6.07, 6.45) is 7.06. The second kappa shape index (κ2) is 4.97. The number of carbonyl (C=O) groups is 1. The Hall–Kier alpha value is -1.18. The topological polar surface area (TPSA) is 34.1 Å². The van der Waals surface area contributed by atoms with Crippen LogP contribution in [0.1, 0.15) is 6.92 Å². The second-order valence-corrected chi connectivity index (χ2v) is 1.45. The van der Waals surface area contributed by atoms with E-state index in [2.05, 4.69) is 0 Å². The average Bonchev–Trinajstić information content (AvgIpc) is 1.80. The maximum Gasteiger partial charge on any atom is 0.225 e. The van der Waals surface area contributed by atoms with Gasteiger partial charge in [-0.25, -0.2) is 0 Å². The largest absolute Gasteiger partial charge is 0.295 e. The van der Waals surface area contributed by atoms with E-state index in [0.29, 0.717) is 0 Å². The van der Waals surface area contributed by atoms with Crippen LogP contribution in [0.15, 0.2) is 24.3 Å². The molecule has 0 unspecified atom stereocenters. The van der Waals surface area contributed by atoms with Gasteiger partial charge in [-0.2, -0.15) is 0 Å². The molecule has 0 heterocycles. The molecular weight excluding hydrogens is 116 g/mol. The number of rotatable bonds is 3. The normalized spacial score (nSPS) is 10.8. The van der Waals surface area contributed by atoms with Gasteiger partial charge in [0, 0.05) is 0 Å². The lowest BCUT2D eigenvalue weighted by molar-refractivity contribution is -0.112. The molecule has 0 aromatic heterocycles. The summed E-state index contributed by atoms with van der Waals surface area (Å²) in [6.45, 7) is 1.44. The molecule has 0 aliphatic carbocycles. The molecule has 0 saturated carbocycles. The standard InChI is InChI=1S/C7H7O2/c1-7(9)5-3-2-4-6-8/h2-5H,1H3/b4-2+,5-3+. The van der Waals surface area contributed by atoms with E-state index in [1.54, 1.807) is 6.29 Å². The SMILES string of the molecule is CC(=O)/C=C/C=C/[C]=O. The van der Waals surface area contributed by atoms with Crippen molar-refractivity contribution >= 4 is 12.1 Å². The zero-order valence-electron chi connectivity index (χ0n) is 5.13. The first-order valence-corrected chi connectivity index (χ1v) is 2.49. The summed E-state index contributed by atoms with van der Waals surface area (Å²) < 4.78 is 0. The molecule has 0 bridgehead atoms. The van der Waals surface area contributed by atoms with Crippen LogP contribution < -0.4 is 0 Å². The Morgan fingerprint density at radius 1 is 1.44 bits per heavy atom. The number of hydrogen-bond acceptors (Lipinski definition) is 2. The summed E-state index contributed by atoms with van der Waals surface area (Å²) in [4.78, 5) is 19.7. The molecule has 0 saturated heterocycles. The molecule has 0 aliphatic heterocycles. The van der Waals surface area contributed by atoms with Gasteiger partial charge in [-0.3, -0.25) is 9.59 Å². The molecule has 0 N–H and O–H groups in total. The van der Waals surface area contributed by atoms with Crippen LogP contribution in [-0.4, -0.2) is 12.1 Å². The minimum atomic E-state index is -0.0365. The number of ketones is 1. The molecule has 0 spiro atoms. The molecule has 0 rings (SSSR count). The van der Waals surface area contributed by atoms with Crippen LogP contribution in [0.25, 0.3) is 0 Å². The third-order valence-electron chi connectivity index (χ3n) is 0.606. The van der Waals surface area contributed by atoms with Gasteiger partial charge in [0.25, 0.3) is 0 Å². The van der Waals surface area contributed by atoms with Crippen molar-refractivity contribution in [3.8, 4) is 0 Å². The van der Waals surface area contributed by atoms with Crippen molar-refractivity contribution in [1.29, 1.82) is 0 Å². The lowest BCUT2D eigenvalue weighted by Gasteiger charge is -1.71. The van der Waals surface area contributed by atoms with Crippen molar-refractivity contribution in [1.82, 2.24) is 0 Å². The summed E-state index contributed by atoms with van der Waals surface area (Å²) in [7, 11) is 0. The Kier molecular flexibility index (Phi) is 4.32. The van der Waals surface area contributed by atoms with Crippen LogP contribution >= 0.6 is 0 Å². The van der Waals surface area contributed by atoms with Gasteiger partial charge in [-0.1, -0.05) is 12.2 Å². The second-order valence-electron chi connectivity index (χ2n) is 1.45. The third kappa shape index (κ3) is 6.82. The fraction of sp³-hybridized carbons (Fsp3) is 0.143. The Labute approximate surface area is 53.9 Å². The molecule has 0 aromatic rings. The first-order valence-electron chi connectivity index (χ1n) is 2.49. The molecule has 2 nitrogen and oxygen atoms in total. The molecule has 0 aliphatic rings. The van der Waals surface area contributed by atoms with Crippen LogP contribution in [0.5, 0.6) is 0 Å². The van der Waals surface area contributed by atoms with Crippen molar-refractivity contribution in [3.63, 3.8) is 0 Å². The fourth-order valence-corrected chi connectivity index (χ4v) is 0.286. The van der Waals surface area contributed by atoms with Gasteiger partial charge in [-0.15, -0.1) is 0 Å². The van der Waals surface area contributed by atoms with Crippen LogP contribution in [0, 0.1) is 0 Å².